The highest BCUT2D eigenvalue weighted by atomic mass is 35.5. The summed E-state index contributed by atoms with van der Waals surface area (Å²) >= 11 is 6.12. The van der Waals surface area contributed by atoms with Gasteiger partial charge in [0, 0.05) is 35.8 Å². The lowest BCUT2D eigenvalue weighted by atomic mass is 9.72. The van der Waals surface area contributed by atoms with Crippen LogP contribution in [0.4, 0.5) is 5.69 Å². The number of halogens is 1. The molecule has 3 aromatic rings. The zero-order chi connectivity index (χ0) is 22.6. The normalized spacial score (nSPS) is 16.5. The number of hydrogen-bond acceptors (Lipinski definition) is 3. The Morgan fingerprint density at radius 3 is 2.12 bits per heavy atom. The van der Waals surface area contributed by atoms with Crippen molar-refractivity contribution in [3.63, 3.8) is 0 Å². The highest BCUT2D eigenvalue weighted by molar-refractivity contribution is 6.30. The van der Waals surface area contributed by atoms with Gasteiger partial charge < -0.3 is 10.0 Å². The first-order valence-electron chi connectivity index (χ1n) is 11.4. The van der Waals surface area contributed by atoms with Gasteiger partial charge in [-0.05, 0) is 72.7 Å². The van der Waals surface area contributed by atoms with Gasteiger partial charge >= 0.3 is 0 Å². The molecule has 1 heterocycles. The minimum absolute atomic E-state index is 0.0905. The van der Waals surface area contributed by atoms with Crippen LogP contribution < -0.4 is 4.90 Å². The van der Waals surface area contributed by atoms with Crippen molar-refractivity contribution in [2.45, 2.75) is 38.2 Å². The summed E-state index contributed by atoms with van der Waals surface area (Å²) in [5.41, 5.74) is 2.65. The van der Waals surface area contributed by atoms with E-state index < -0.39 is 5.60 Å². The van der Waals surface area contributed by atoms with Gasteiger partial charge in [0.25, 0.3) is 0 Å². The van der Waals surface area contributed by atoms with E-state index in [1.165, 1.54) is 0 Å². The van der Waals surface area contributed by atoms with E-state index in [1.54, 1.807) is 0 Å². The Hall–Kier alpha value is -2.62. The van der Waals surface area contributed by atoms with Gasteiger partial charge in [-0.2, -0.15) is 0 Å². The molecule has 4 heteroatoms. The van der Waals surface area contributed by atoms with E-state index in [1.807, 2.05) is 85.8 Å². The molecule has 0 saturated carbocycles. The van der Waals surface area contributed by atoms with Crippen molar-refractivity contribution in [3.05, 3.63) is 101 Å². The molecule has 1 saturated heterocycles. The molecule has 1 fully saturated rings. The minimum atomic E-state index is -1.06. The SMILES string of the molecule is CCCC(=O)c1ccc(N2CCC(C(O)(c3ccccc3)c3ccc(Cl)cc3)CC2)cc1. The Labute approximate surface area is 195 Å². The van der Waals surface area contributed by atoms with Crippen LogP contribution in [-0.4, -0.2) is 24.0 Å². The fraction of sp³-hybridized carbons (Fsp3) is 0.321. The molecule has 0 aromatic heterocycles. The number of hydrogen-bond donors (Lipinski definition) is 1. The van der Waals surface area contributed by atoms with E-state index in [4.69, 9.17) is 11.6 Å². The second-order valence-corrected chi connectivity index (χ2v) is 9.06. The molecular formula is C28H30ClNO2. The number of nitrogens with zero attached hydrogens (tertiary/aromatic N) is 1. The molecular weight excluding hydrogens is 418 g/mol. The van der Waals surface area contributed by atoms with Crippen molar-refractivity contribution in [1.29, 1.82) is 0 Å². The summed E-state index contributed by atoms with van der Waals surface area (Å²) in [5, 5.41) is 12.7. The van der Waals surface area contributed by atoms with E-state index in [-0.39, 0.29) is 11.7 Å². The molecule has 1 unspecified atom stereocenters. The molecule has 3 aromatic carbocycles. The van der Waals surface area contributed by atoms with E-state index in [9.17, 15) is 9.90 Å². The molecule has 3 nitrogen and oxygen atoms in total. The number of ketones is 1. The van der Waals surface area contributed by atoms with E-state index in [0.717, 1.165) is 54.7 Å². The third-order valence-electron chi connectivity index (χ3n) is 6.62. The van der Waals surface area contributed by atoms with E-state index in [0.29, 0.717) is 11.4 Å². The monoisotopic (exact) mass is 447 g/mol. The van der Waals surface area contributed by atoms with Crippen molar-refractivity contribution in [2.24, 2.45) is 5.92 Å². The molecule has 166 valence electrons. The summed E-state index contributed by atoms with van der Waals surface area (Å²) in [7, 11) is 0. The van der Waals surface area contributed by atoms with Gasteiger partial charge in [0.1, 0.15) is 5.60 Å². The zero-order valence-corrected chi connectivity index (χ0v) is 19.3. The molecule has 0 aliphatic carbocycles. The first-order valence-corrected chi connectivity index (χ1v) is 11.8. The van der Waals surface area contributed by atoms with Crippen LogP contribution in [0.2, 0.25) is 5.02 Å². The maximum absolute atomic E-state index is 12.1. The minimum Gasteiger partial charge on any atom is -0.380 e. The number of rotatable bonds is 7. The number of Topliss-reactive ketones (excluding diaryl/α,β-unsaturated/α-hetero) is 1. The van der Waals surface area contributed by atoms with Crippen molar-refractivity contribution in [1.82, 2.24) is 0 Å². The van der Waals surface area contributed by atoms with Crippen LogP contribution in [0, 0.1) is 5.92 Å². The Morgan fingerprint density at radius 1 is 0.938 bits per heavy atom. The molecule has 0 bridgehead atoms. The number of benzene rings is 3. The molecule has 1 N–H and O–H groups in total. The van der Waals surface area contributed by atoms with Gasteiger partial charge in [0.15, 0.2) is 5.78 Å². The molecule has 0 amide bonds. The second kappa shape index (κ2) is 9.89. The van der Waals surface area contributed by atoms with Crippen LogP contribution in [0.25, 0.3) is 0 Å². The topological polar surface area (TPSA) is 40.5 Å². The van der Waals surface area contributed by atoms with Crippen LogP contribution in [0.3, 0.4) is 0 Å². The van der Waals surface area contributed by atoms with Gasteiger partial charge in [0.05, 0.1) is 0 Å². The largest absolute Gasteiger partial charge is 0.380 e. The zero-order valence-electron chi connectivity index (χ0n) is 18.5. The van der Waals surface area contributed by atoms with Crippen LogP contribution in [-0.2, 0) is 5.60 Å². The lowest BCUT2D eigenvalue weighted by Gasteiger charge is -2.43. The first kappa shape index (κ1) is 22.6. The number of carbonyl (C=O) groups excluding carboxylic acids is 1. The molecule has 1 atom stereocenters. The molecule has 32 heavy (non-hydrogen) atoms. The maximum Gasteiger partial charge on any atom is 0.162 e. The summed E-state index contributed by atoms with van der Waals surface area (Å²) < 4.78 is 0. The standard InChI is InChI=1S/C28H30ClNO2/c1-2-6-27(31)21-9-15-26(16-10-21)30-19-17-24(18-20-30)28(32,22-7-4-3-5-8-22)23-11-13-25(29)14-12-23/h3-5,7-16,24,32H,2,6,17-20H2,1H3. The summed E-state index contributed by atoms with van der Waals surface area (Å²) in [5.74, 6) is 0.293. The number of piperidine rings is 1. The lowest BCUT2D eigenvalue weighted by molar-refractivity contribution is 0.00506. The summed E-state index contributed by atoms with van der Waals surface area (Å²) in [6.45, 7) is 3.74. The van der Waals surface area contributed by atoms with Crippen LogP contribution in [0.15, 0.2) is 78.9 Å². The second-order valence-electron chi connectivity index (χ2n) is 8.62. The Kier molecular flexibility index (Phi) is 6.98. The van der Waals surface area contributed by atoms with Crippen LogP contribution in [0.1, 0.15) is 54.1 Å². The van der Waals surface area contributed by atoms with Crippen molar-refractivity contribution < 1.29 is 9.90 Å². The smallest absolute Gasteiger partial charge is 0.162 e. The van der Waals surface area contributed by atoms with Crippen molar-refractivity contribution in [2.75, 3.05) is 18.0 Å². The fourth-order valence-corrected chi connectivity index (χ4v) is 4.95. The number of anilines is 1. The molecule has 0 radical (unpaired) electrons. The Balaban J connectivity index is 1.53. The van der Waals surface area contributed by atoms with Gasteiger partial charge in [0.2, 0.25) is 0 Å². The number of carbonyl (C=O) groups is 1. The third kappa shape index (κ3) is 4.60. The molecule has 1 aliphatic rings. The highest BCUT2D eigenvalue weighted by Crippen LogP contribution is 2.42. The van der Waals surface area contributed by atoms with E-state index >= 15 is 0 Å². The predicted molar refractivity (Wildman–Crippen MR) is 132 cm³/mol. The number of aliphatic hydroxyl groups is 1. The average Bonchev–Trinajstić information content (AvgIpc) is 2.85. The van der Waals surface area contributed by atoms with Crippen molar-refractivity contribution >= 4 is 23.1 Å². The summed E-state index contributed by atoms with van der Waals surface area (Å²) in [6.07, 6.45) is 3.19. The van der Waals surface area contributed by atoms with E-state index in [2.05, 4.69) is 4.90 Å². The molecule has 1 aliphatic heterocycles. The summed E-state index contributed by atoms with van der Waals surface area (Å²) in [6, 6.07) is 25.5. The Morgan fingerprint density at radius 2 is 1.53 bits per heavy atom. The average molecular weight is 448 g/mol. The fourth-order valence-electron chi connectivity index (χ4n) is 4.82. The van der Waals surface area contributed by atoms with Gasteiger partial charge in [-0.25, -0.2) is 0 Å². The summed E-state index contributed by atoms with van der Waals surface area (Å²) in [4.78, 5) is 14.5. The third-order valence-corrected chi connectivity index (χ3v) is 6.87. The molecule has 4 rings (SSSR count). The Bertz CT molecular complexity index is 1030. The van der Waals surface area contributed by atoms with Crippen molar-refractivity contribution in [3.8, 4) is 0 Å². The molecule has 0 spiro atoms. The highest BCUT2D eigenvalue weighted by Gasteiger charge is 2.41. The van der Waals surface area contributed by atoms with Gasteiger partial charge in [-0.1, -0.05) is 61.0 Å². The predicted octanol–water partition coefficient (Wildman–Crippen LogP) is 6.48. The van der Waals surface area contributed by atoms with Crippen LogP contribution >= 0.6 is 11.6 Å². The van der Waals surface area contributed by atoms with Gasteiger partial charge in [-0.15, -0.1) is 0 Å². The quantitative estimate of drug-likeness (QED) is 0.421. The lowest BCUT2D eigenvalue weighted by Crippen LogP contribution is -2.44. The first-order chi connectivity index (χ1) is 15.5. The van der Waals surface area contributed by atoms with Gasteiger partial charge in [-0.3, -0.25) is 4.79 Å². The maximum atomic E-state index is 12.1. The van der Waals surface area contributed by atoms with Crippen LogP contribution in [0.5, 0.6) is 0 Å².